The SMILES string of the molecule is CC#Cc1c[nH]c(=O)c2cc3ccnc(OC[C@@H]4CCC(=O)N4)c3cc12. The summed E-state index contributed by atoms with van der Waals surface area (Å²) in [6, 6.07) is 5.58. The third-order valence-corrected chi connectivity index (χ3v) is 4.51. The first kappa shape index (κ1) is 16.2. The summed E-state index contributed by atoms with van der Waals surface area (Å²) in [5, 5.41) is 5.91. The van der Waals surface area contributed by atoms with Gasteiger partial charge in [0.1, 0.15) is 6.61 Å². The molecule has 3 aromatic rings. The Morgan fingerprint density at radius 1 is 1.27 bits per heavy atom. The van der Waals surface area contributed by atoms with Gasteiger partial charge < -0.3 is 15.0 Å². The van der Waals surface area contributed by atoms with Crippen LogP contribution < -0.4 is 15.6 Å². The highest BCUT2D eigenvalue weighted by Gasteiger charge is 2.21. The fourth-order valence-electron chi connectivity index (χ4n) is 3.23. The zero-order chi connectivity index (χ0) is 18.1. The van der Waals surface area contributed by atoms with E-state index >= 15 is 0 Å². The number of carbonyl (C=O) groups is 1. The van der Waals surface area contributed by atoms with Crippen LogP contribution in [0.3, 0.4) is 0 Å². The van der Waals surface area contributed by atoms with E-state index in [0.717, 1.165) is 28.1 Å². The second-order valence-corrected chi connectivity index (χ2v) is 6.26. The highest BCUT2D eigenvalue weighted by atomic mass is 16.5. The van der Waals surface area contributed by atoms with Gasteiger partial charge in [0, 0.05) is 40.5 Å². The average molecular weight is 347 g/mol. The molecule has 6 nitrogen and oxygen atoms in total. The van der Waals surface area contributed by atoms with Gasteiger partial charge in [-0.2, -0.15) is 0 Å². The van der Waals surface area contributed by atoms with E-state index in [1.165, 1.54) is 0 Å². The van der Waals surface area contributed by atoms with Crippen LogP contribution in [-0.4, -0.2) is 28.5 Å². The zero-order valence-electron chi connectivity index (χ0n) is 14.3. The molecule has 26 heavy (non-hydrogen) atoms. The van der Waals surface area contributed by atoms with Gasteiger partial charge >= 0.3 is 0 Å². The lowest BCUT2D eigenvalue weighted by Crippen LogP contribution is -2.31. The van der Waals surface area contributed by atoms with E-state index in [-0.39, 0.29) is 17.5 Å². The Bertz CT molecular complexity index is 1140. The smallest absolute Gasteiger partial charge is 0.255 e. The number of amides is 1. The van der Waals surface area contributed by atoms with Crippen LogP contribution in [-0.2, 0) is 4.79 Å². The van der Waals surface area contributed by atoms with Crippen LogP contribution in [0.2, 0.25) is 0 Å². The van der Waals surface area contributed by atoms with E-state index in [1.54, 1.807) is 19.3 Å². The minimum atomic E-state index is -0.156. The summed E-state index contributed by atoms with van der Waals surface area (Å²) in [5.41, 5.74) is 0.596. The summed E-state index contributed by atoms with van der Waals surface area (Å²) in [4.78, 5) is 30.6. The van der Waals surface area contributed by atoms with E-state index in [1.807, 2.05) is 18.2 Å². The normalized spacial score (nSPS) is 16.3. The second kappa shape index (κ2) is 6.52. The molecule has 130 valence electrons. The maximum atomic E-state index is 12.2. The number of H-pyrrole nitrogens is 1. The first-order chi connectivity index (χ1) is 12.7. The van der Waals surface area contributed by atoms with Gasteiger partial charge in [0.25, 0.3) is 5.56 Å². The van der Waals surface area contributed by atoms with Crippen LogP contribution in [0.1, 0.15) is 25.3 Å². The van der Waals surface area contributed by atoms with Crippen molar-refractivity contribution >= 4 is 27.5 Å². The molecule has 0 spiro atoms. The number of pyridine rings is 2. The predicted molar refractivity (Wildman–Crippen MR) is 99.1 cm³/mol. The summed E-state index contributed by atoms with van der Waals surface area (Å²) < 4.78 is 5.88. The molecule has 1 saturated heterocycles. The Morgan fingerprint density at radius 2 is 2.15 bits per heavy atom. The highest BCUT2D eigenvalue weighted by Crippen LogP contribution is 2.28. The van der Waals surface area contributed by atoms with Crippen LogP contribution >= 0.6 is 0 Å². The molecule has 1 aliphatic heterocycles. The Labute approximate surface area is 149 Å². The molecule has 1 aliphatic rings. The molecular formula is C20H17N3O3. The van der Waals surface area contributed by atoms with Crippen molar-refractivity contribution in [1.82, 2.24) is 15.3 Å². The van der Waals surface area contributed by atoms with E-state index in [0.29, 0.717) is 24.3 Å². The van der Waals surface area contributed by atoms with Gasteiger partial charge in [0.05, 0.1) is 6.04 Å². The molecule has 1 amide bonds. The first-order valence-electron chi connectivity index (χ1n) is 8.45. The number of fused-ring (bicyclic) bond motifs is 2. The molecule has 0 radical (unpaired) electrons. The first-order valence-corrected chi connectivity index (χ1v) is 8.45. The van der Waals surface area contributed by atoms with Crippen molar-refractivity contribution < 1.29 is 9.53 Å². The molecule has 1 fully saturated rings. The highest BCUT2D eigenvalue weighted by molar-refractivity contribution is 6.01. The molecule has 0 unspecified atom stereocenters. The van der Waals surface area contributed by atoms with Crippen molar-refractivity contribution in [2.75, 3.05) is 6.61 Å². The van der Waals surface area contributed by atoms with Crippen molar-refractivity contribution in [2.45, 2.75) is 25.8 Å². The number of nitrogens with zero attached hydrogens (tertiary/aromatic N) is 1. The lowest BCUT2D eigenvalue weighted by atomic mass is 10.0. The van der Waals surface area contributed by atoms with Gasteiger partial charge in [0.15, 0.2) is 0 Å². The number of ether oxygens (including phenoxy) is 1. The quantitative estimate of drug-likeness (QED) is 0.561. The topological polar surface area (TPSA) is 84.1 Å². The molecule has 2 N–H and O–H groups in total. The monoisotopic (exact) mass is 347 g/mol. The van der Waals surface area contributed by atoms with E-state index in [2.05, 4.69) is 27.1 Å². The molecule has 0 bridgehead atoms. The third-order valence-electron chi connectivity index (χ3n) is 4.51. The molecule has 1 atom stereocenters. The largest absolute Gasteiger partial charge is 0.475 e. The van der Waals surface area contributed by atoms with Crippen LogP contribution in [0.25, 0.3) is 21.5 Å². The number of hydrogen-bond donors (Lipinski definition) is 2. The molecule has 3 heterocycles. The van der Waals surface area contributed by atoms with Crippen molar-refractivity contribution in [3.8, 4) is 17.7 Å². The molecule has 2 aromatic heterocycles. The fraction of sp³-hybridized carbons (Fsp3) is 0.250. The molecule has 6 heteroatoms. The maximum Gasteiger partial charge on any atom is 0.255 e. The number of rotatable bonds is 3. The van der Waals surface area contributed by atoms with Crippen LogP contribution in [0, 0.1) is 11.8 Å². The lowest BCUT2D eigenvalue weighted by molar-refractivity contribution is -0.119. The Morgan fingerprint density at radius 3 is 2.92 bits per heavy atom. The van der Waals surface area contributed by atoms with Gasteiger partial charge in [-0.15, -0.1) is 5.92 Å². The number of hydrogen-bond acceptors (Lipinski definition) is 4. The van der Waals surface area contributed by atoms with Crippen molar-refractivity contribution in [3.05, 3.63) is 46.5 Å². The third kappa shape index (κ3) is 2.88. The number of carbonyl (C=O) groups excluding carboxylic acids is 1. The van der Waals surface area contributed by atoms with Crippen LogP contribution in [0.15, 0.2) is 35.4 Å². The molecular weight excluding hydrogens is 330 g/mol. The van der Waals surface area contributed by atoms with E-state index in [4.69, 9.17) is 4.74 Å². The summed E-state index contributed by atoms with van der Waals surface area (Å²) in [5.74, 6) is 6.42. The standard InChI is InChI=1S/C20H17N3O3/c1-2-3-13-10-22-19(25)17-8-12-6-7-21-20(16(12)9-15(13)17)26-11-14-4-5-18(24)23-14/h6-10,14H,4-5,11H2,1H3,(H,22,25)(H,23,24)/t14-/m0/s1. The van der Waals surface area contributed by atoms with E-state index in [9.17, 15) is 9.59 Å². The molecule has 4 rings (SSSR count). The minimum absolute atomic E-state index is 0.00405. The Balaban J connectivity index is 1.80. The summed E-state index contributed by atoms with van der Waals surface area (Å²) in [7, 11) is 0. The van der Waals surface area contributed by atoms with Gasteiger partial charge in [-0.1, -0.05) is 5.92 Å². The summed E-state index contributed by atoms with van der Waals surface area (Å²) in [6.07, 6.45) is 4.57. The summed E-state index contributed by atoms with van der Waals surface area (Å²) >= 11 is 0. The van der Waals surface area contributed by atoms with Crippen molar-refractivity contribution in [3.63, 3.8) is 0 Å². The van der Waals surface area contributed by atoms with Crippen LogP contribution in [0.5, 0.6) is 5.88 Å². The van der Waals surface area contributed by atoms with Gasteiger partial charge in [-0.3, -0.25) is 9.59 Å². The van der Waals surface area contributed by atoms with Gasteiger partial charge in [-0.25, -0.2) is 4.98 Å². The van der Waals surface area contributed by atoms with Crippen molar-refractivity contribution in [2.24, 2.45) is 0 Å². The number of aromatic amines is 1. The molecule has 0 saturated carbocycles. The summed E-state index contributed by atoms with van der Waals surface area (Å²) in [6.45, 7) is 2.12. The molecule has 1 aromatic carbocycles. The predicted octanol–water partition coefficient (Wildman–Crippen LogP) is 2.11. The lowest BCUT2D eigenvalue weighted by Gasteiger charge is -2.13. The second-order valence-electron chi connectivity index (χ2n) is 6.26. The number of nitrogens with one attached hydrogen (secondary N) is 2. The molecule has 0 aliphatic carbocycles. The fourth-order valence-corrected chi connectivity index (χ4v) is 3.23. The zero-order valence-corrected chi connectivity index (χ0v) is 14.3. The van der Waals surface area contributed by atoms with E-state index < -0.39 is 0 Å². The number of benzene rings is 1. The maximum absolute atomic E-state index is 12.2. The number of aromatic nitrogens is 2. The van der Waals surface area contributed by atoms with Crippen molar-refractivity contribution in [1.29, 1.82) is 0 Å². The Hall–Kier alpha value is -3.33. The Kier molecular flexibility index (Phi) is 4.05. The van der Waals surface area contributed by atoms with Gasteiger partial charge in [-0.05, 0) is 36.9 Å². The average Bonchev–Trinajstić information content (AvgIpc) is 3.06. The minimum Gasteiger partial charge on any atom is -0.475 e. The van der Waals surface area contributed by atoms with Gasteiger partial charge in [0.2, 0.25) is 11.8 Å². The van der Waals surface area contributed by atoms with Crippen LogP contribution in [0.4, 0.5) is 0 Å².